The van der Waals surface area contributed by atoms with Crippen molar-refractivity contribution in [3.63, 3.8) is 0 Å². The van der Waals surface area contributed by atoms with Gasteiger partial charge in [-0.25, -0.2) is 0 Å². The smallest absolute Gasteiger partial charge is 0.246 e. The molecule has 1 saturated heterocycles. The molecular weight excluding hydrogens is 304 g/mol. The highest BCUT2D eigenvalue weighted by molar-refractivity contribution is 5.94. The summed E-state index contributed by atoms with van der Waals surface area (Å²) in [6.45, 7) is 3.92. The van der Waals surface area contributed by atoms with Gasteiger partial charge >= 0.3 is 0 Å². The minimum Gasteiger partial charge on any atom is -0.497 e. The molecule has 1 aliphatic rings. The van der Waals surface area contributed by atoms with Gasteiger partial charge in [0.1, 0.15) is 5.75 Å². The Balaban J connectivity index is 1.87. The van der Waals surface area contributed by atoms with Crippen LogP contribution in [0.2, 0.25) is 0 Å². The summed E-state index contributed by atoms with van der Waals surface area (Å²) in [6, 6.07) is 7.47. The average molecular weight is 330 g/mol. The lowest BCUT2D eigenvalue weighted by molar-refractivity contribution is -0.138. The average Bonchev–Trinajstić information content (AvgIpc) is 2.60. The van der Waals surface area contributed by atoms with Gasteiger partial charge in [-0.1, -0.05) is 19.1 Å². The molecule has 5 nitrogen and oxygen atoms in total. The predicted octanol–water partition coefficient (Wildman–Crippen LogP) is 2.43. The second-order valence-corrected chi connectivity index (χ2v) is 6.37. The molecule has 0 spiro atoms. The molecule has 1 aliphatic heterocycles. The van der Waals surface area contributed by atoms with E-state index < -0.39 is 0 Å². The van der Waals surface area contributed by atoms with Crippen molar-refractivity contribution < 1.29 is 14.3 Å². The predicted molar refractivity (Wildman–Crippen MR) is 94.6 cm³/mol. The lowest BCUT2D eigenvalue weighted by Crippen LogP contribution is -2.44. The fraction of sp³-hybridized carbons (Fsp3) is 0.474. The van der Waals surface area contributed by atoms with Gasteiger partial charge in [0.15, 0.2) is 0 Å². The van der Waals surface area contributed by atoms with Crippen molar-refractivity contribution >= 4 is 17.9 Å². The van der Waals surface area contributed by atoms with Crippen molar-refractivity contribution in [3.8, 4) is 5.75 Å². The molecule has 0 unspecified atom stereocenters. The topological polar surface area (TPSA) is 49.9 Å². The van der Waals surface area contributed by atoms with Gasteiger partial charge in [-0.05, 0) is 42.5 Å². The van der Waals surface area contributed by atoms with Crippen molar-refractivity contribution in [2.45, 2.75) is 19.8 Å². The van der Waals surface area contributed by atoms with Crippen molar-refractivity contribution in [2.24, 2.45) is 5.92 Å². The summed E-state index contributed by atoms with van der Waals surface area (Å²) in [5, 5.41) is 0. The second kappa shape index (κ2) is 8.52. The fourth-order valence-electron chi connectivity index (χ4n) is 2.68. The number of ether oxygens (including phenoxy) is 1. The number of rotatable bonds is 5. The Morgan fingerprint density at radius 3 is 2.71 bits per heavy atom. The highest BCUT2D eigenvalue weighted by atomic mass is 16.5. The molecule has 1 heterocycles. The molecule has 0 bridgehead atoms. The second-order valence-electron chi connectivity index (χ2n) is 6.37. The Morgan fingerprint density at radius 1 is 1.33 bits per heavy atom. The van der Waals surface area contributed by atoms with E-state index in [-0.39, 0.29) is 18.4 Å². The van der Waals surface area contributed by atoms with E-state index in [9.17, 15) is 9.59 Å². The lowest BCUT2D eigenvalue weighted by atomic mass is 9.99. The first-order chi connectivity index (χ1) is 11.5. The summed E-state index contributed by atoms with van der Waals surface area (Å²) in [5.74, 6) is 1.26. The third-order valence-corrected chi connectivity index (χ3v) is 4.40. The summed E-state index contributed by atoms with van der Waals surface area (Å²) in [7, 11) is 3.26. The monoisotopic (exact) mass is 330 g/mol. The Labute approximate surface area is 143 Å². The van der Waals surface area contributed by atoms with Gasteiger partial charge in [-0.2, -0.15) is 0 Å². The van der Waals surface area contributed by atoms with Gasteiger partial charge in [-0.3, -0.25) is 9.59 Å². The number of nitrogens with zero attached hydrogens (tertiary/aromatic N) is 2. The maximum atomic E-state index is 12.3. The molecule has 0 aromatic heterocycles. The van der Waals surface area contributed by atoms with E-state index in [1.54, 1.807) is 20.2 Å². The standard InChI is InChI=1S/C19H26N2O3/c1-15-9-11-21(12-10-15)19(23)14-20(2)18(22)8-7-16-5-4-6-17(13-16)24-3/h4-8,13,15H,9-12,14H2,1-3H3/b8-7+. The quantitative estimate of drug-likeness (QED) is 0.779. The minimum atomic E-state index is -0.184. The van der Waals surface area contributed by atoms with Crippen LogP contribution >= 0.6 is 0 Å². The van der Waals surface area contributed by atoms with Crippen molar-refractivity contribution in [1.82, 2.24) is 9.80 Å². The number of carbonyl (C=O) groups excluding carboxylic acids is 2. The van der Waals surface area contributed by atoms with E-state index in [4.69, 9.17) is 4.74 Å². The van der Waals surface area contributed by atoms with Gasteiger partial charge in [0.2, 0.25) is 11.8 Å². The maximum Gasteiger partial charge on any atom is 0.246 e. The normalized spacial score (nSPS) is 15.5. The van der Waals surface area contributed by atoms with Crippen molar-refractivity contribution in [1.29, 1.82) is 0 Å². The van der Waals surface area contributed by atoms with Crippen LogP contribution in [-0.2, 0) is 9.59 Å². The Bertz CT molecular complexity index is 604. The molecule has 0 atom stereocenters. The summed E-state index contributed by atoms with van der Waals surface area (Å²) in [6.07, 6.45) is 5.30. The number of amides is 2. The van der Waals surface area contributed by atoms with E-state index in [0.29, 0.717) is 5.92 Å². The van der Waals surface area contributed by atoms with Crippen LogP contribution in [0.15, 0.2) is 30.3 Å². The SMILES string of the molecule is COc1cccc(/C=C/C(=O)N(C)CC(=O)N2CCC(C)CC2)c1. The number of benzene rings is 1. The first kappa shape index (κ1) is 18.0. The Hall–Kier alpha value is -2.30. The molecule has 0 N–H and O–H groups in total. The number of likely N-dealkylation sites (tertiary alicyclic amines) is 1. The zero-order valence-electron chi connectivity index (χ0n) is 14.7. The molecule has 0 saturated carbocycles. The van der Waals surface area contributed by atoms with Crippen LogP contribution in [0.25, 0.3) is 6.08 Å². The van der Waals surface area contributed by atoms with Gasteiger partial charge in [0.05, 0.1) is 13.7 Å². The van der Waals surface area contributed by atoms with Crippen LogP contribution in [0.5, 0.6) is 5.75 Å². The molecule has 1 fully saturated rings. The van der Waals surface area contributed by atoms with E-state index in [0.717, 1.165) is 37.2 Å². The van der Waals surface area contributed by atoms with Crippen molar-refractivity contribution in [3.05, 3.63) is 35.9 Å². The first-order valence-corrected chi connectivity index (χ1v) is 8.34. The number of carbonyl (C=O) groups is 2. The number of piperidine rings is 1. The largest absolute Gasteiger partial charge is 0.497 e. The maximum absolute atomic E-state index is 12.3. The molecule has 24 heavy (non-hydrogen) atoms. The molecular formula is C19H26N2O3. The fourth-order valence-corrected chi connectivity index (χ4v) is 2.68. The number of methoxy groups -OCH3 is 1. The molecule has 5 heteroatoms. The molecule has 2 rings (SSSR count). The summed E-state index contributed by atoms with van der Waals surface area (Å²) in [4.78, 5) is 27.8. The third kappa shape index (κ3) is 5.11. The van der Waals surface area contributed by atoms with Crippen LogP contribution in [0.3, 0.4) is 0 Å². The third-order valence-electron chi connectivity index (χ3n) is 4.40. The van der Waals surface area contributed by atoms with Gasteiger partial charge in [0, 0.05) is 26.2 Å². The Morgan fingerprint density at radius 2 is 2.04 bits per heavy atom. The van der Waals surface area contributed by atoms with Crippen molar-refractivity contribution in [2.75, 3.05) is 33.8 Å². The minimum absolute atomic E-state index is 0.0209. The van der Waals surface area contributed by atoms with E-state index in [2.05, 4.69) is 6.92 Å². The molecule has 0 aliphatic carbocycles. The van der Waals surface area contributed by atoms with Gasteiger partial charge < -0.3 is 14.5 Å². The zero-order chi connectivity index (χ0) is 17.5. The summed E-state index contributed by atoms with van der Waals surface area (Å²) < 4.78 is 5.16. The van der Waals surface area contributed by atoms with Gasteiger partial charge in [0.25, 0.3) is 0 Å². The number of likely N-dealkylation sites (N-methyl/N-ethyl adjacent to an activating group) is 1. The van der Waals surface area contributed by atoms with E-state index in [1.165, 1.54) is 11.0 Å². The summed E-state index contributed by atoms with van der Waals surface area (Å²) >= 11 is 0. The molecule has 1 aromatic carbocycles. The van der Waals surface area contributed by atoms with E-state index in [1.807, 2.05) is 29.2 Å². The molecule has 2 amide bonds. The lowest BCUT2D eigenvalue weighted by Gasteiger charge is -2.31. The highest BCUT2D eigenvalue weighted by Gasteiger charge is 2.21. The molecule has 0 radical (unpaired) electrons. The summed E-state index contributed by atoms with van der Waals surface area (Å²) in [5.41, 5.74) is 0.882. The molecule has 130 valence electrons. The van der Waals surface area contributed by atoms with Crippen LogP contribution < -0.4 is 4.74 Å². The van der Waals surface area contributed by atoms with Crippen LogP contribution in [0.1, 0.15) is 25.3 Å². The number of hydrogen-bond donors (Lipinski definition) is 0. The number of hydrogen-bond acceptors (Lipinski definition) is 3. The van der Waals surface area contributed by atoms with Crippen LogP contribution in [0, 0.1) is 5.92 Å². The molecule has 1 aromatic rings. The van der Waals surface area contributed by atoms with E-state index >= 15 is 0 Å². The first-order valence-electron chi connectivity index (χ1n) is 8.34. The zero-order valence-corrected chi connectivity index (χ0v) is 14.7. The Kier molecular flexibility index (Phi) is 6.41. The van der Waals surface area contributed by atoms with Crippen LogP contribution in [0.4, 0.5) is 0 Å². The van der Waals surface area contributed by atoms with Crippen LogP contribution in [-0.4, -0.2) is 55.4 Å². The highest BCUT2D eigenvalue weighted by Crippen LogP contribution is 2.16. The van der Waals surface area contributed by atoms with Gasteiger partial charge in [-0.15, -0.1) is 0 Å².